The minimum Gasteiger partial charge on any atom is -0.289 e. The number of aryl methyl sites for hydroxylation is 1. The number of nitrogens with two attached hydrogens (primary N) is 1. The van der Waals surface area contributed by atoms with E-state index in [-0.39, 0.29) is 5.91 Å². The number of hydrogen-bond donors (Lipinski definition) is 2. The Balaban J connectivity index is 2.07. The number of benzene rings is 1. The van der Waals surface area contributed by atoms with Gasteiger partial charge >= 0.3 is 0 Å². The molecule has 0 aliphatic heterocycles. The van der Waals surface area contributed by atoms with Crippen LogP contribution in [0.3, 0.4) is 0 Å². The molecule has 1 aromatic carbocycles. The van der Waals surface area contributed by atoms with Crippen LogP contribution in [0.5, 0.6) is 0 Å². The number of carbonyl (C=O) groups excluding carboxylic acids is 1. The van der Waals surface area contributed by atoms with Crippen LogP contribution < -0.4 is 11.3 Å². The summed E-state index contributed by atoms with van der Waals surface area (Å²) in [7, 11) is 0. The Morgan fingerprint density at radius 3 is 2.95 bits per heavy atom. The van der Waals surface area contributed by atoms with Gasteiger partial charge in [-0.05, 0) is 36.8 Å². The first-order chi connectivity index (χ1) is 9.10. The highest BCUT2D eigenvalue weighted by Gasteiger charge is 2.11. The molecular formula is C13H13BrN2OS2. The number of halogens is 1. The fraction of sp³-hybridized carbons (Fsp3) is 0.154. The Bertz CT molecular complexity index is 598. The number of thioether (sulfide) groups is 1. The van der Waals surface area contributed by atoms with Gasteiger partial charge in [0.2, 0.25) is 0 Å². The second-order valence-corrected chi connectivity index (χ2v) is 7.13. The first-order valence-corrected chi connectivity index (χ1v) is 8.18. The van der Waals surface area contributed by atoms with Crippen LogP contribution in [-0.4, -0.2) is 5.91 Å². The van der Waals surface area contributed by atoms with Crippen molar-refractivity contribution >= 4 is 44.9 Å². The molecule has 1 aromatic heterocycles. The van der Waals surface area contributed by atoms with Crippen molar-refractivity contribution in [2.45, 2.75) is 17.6 Å². The smallest absolute Gasteiger partial charge is 0.275 e. The number of nitrogen functional groups attached to an aromatic ring is 1. The molecule has 0 fully saturated rings. The molecule has 0 saturated heterocycles. The molecule has 0 spiro atoms. The molecule has 3 N–H and O–H groups in total. The monoisotopic (exact) mass is 356 g/mol. The number of thiophene rings is 1. The molecule has 0 saturated carbocycles. The van der Waals surface area contributed by atoms with Gasteiger partial charge in [-0.2, -0.15) is 0 Å². The third-order valence-electron chi connectivity index (χ3n) is 2.57. The quantitative estimate of drug-likeness (QED) is 0.380. The molecule has 1 heterocycles. The van der Waals surface area contributed by atoms with Crippen molar-refractivity contribution in [1.82, 2.24) is 5.43 Å². The maximum absolute atomic E-state index is 11.5. The topological polar surface area (TPSA) is 55.1 Å². The van der Waals surface area contributed by atoms with E-state index in [4.69, 9.17) is 5.84 Å². The van der Waals surface area contributed by atoms with E-state index in [0.29, 0.717) is 4.88 Å². The van der Waals surface area contributed by atoms with Gasteiger partial charge in [-0.3, -0.25) is 10.2 Å². The molecule has 0 atom stereocenters. The van der Waals surface area contributed by atoms with E-state index in [1.807, 2.05) is 25.1 Å². The van der Waals surface area contributed by atoms with Crippen LogP contribution in [-0.2, 0) is 5.75 Å². The van der Waals surface area contributed by atoms with Crippen LogP contribution in [0.4, 0.5) is 0 Å². The fourth-order valence-corrected chi connectivity index (χ4v) is 4.16. The highest BCUT2D eigenvalue weighted by Crippen LogP contribution is 2.30. The maximum Gasteiger partial charge on any atom is 0.275 e. The largest absolute Gasteiger partial charge is 0.289 e. The summed E-state index contributed by atoms with van der Waals surface area (Å²) >= 11 is 6.68. The number of hydrazine groups is 1. The molecule has 0 aliphatic carbocycles. The van der Waals surface area contributed by atoms with Gasteiger partial charge < -0.3 is 0 Å². The summed E-state index contributed by atoms with van der Waals surface area (Å²) in [5, 5.41) is 0. The van der Waals surface area contributed by atoms with Crippen molar-refractivity contribution in [3.8, 4) is 0 Å². The van der Waals surface area contributed by atoms with E-state index < -0.39 is 0 Å². The Kier molecular flexibility index (Phi) is 5.04. The normalized spacial score (nSPS) is 10.5. The molecule has 3 nitrogen and oxygen atoms in total. The predicted octanol–water partition coefficient (Wildman–Crippen LogP) is 3.71. The van der Waals surface area contributed by atoms with Gasteiger partial charge in [0.15, 0.2) is 0 Å². The molecule has 19 heavy (non-hydrogen) atoms. The number of amides is 1. The van der Waals surface area contributed by atoms with E-state index in [1.54, 1.807) is 11.8 Å². The van der Waals surface area contributed by atoms with Gasteiger partial charge in [-0.15, -0.1) is 23.1 Å². The van der Waals surface area contributed by atoms with Crippen molar-refractivity contribution in [3.63, 3.8) is 0 Å². The predicted molar refractivity (Wildman–Crippen MR) is 84.4 cm³/mol. The molecule has 2 aromatic rings. The molecule has 0 aliphatic rings. The summed E-state index contributed by atoms with van der Waals surface area (Å²) in [4.78, 5) is 14.5. The molecule has 2 rings (SSSR count). The van der Waals surface area contributed by atoms with Crippen molar-refractivity contribution in [2.24, 2.45) is 5.84 Å². The number of carbonyl (C=O) groups is 1. The Morgan fingerprint density at radius 2 is 2.26 bits per heavy atom. The fourth-order valence-electron chi connectivity index (χ4n) is 1.56. The third kappa shape index (κ3) is 3.82. The van der Waals surface area contributed by atoms with Crippen LogP contribution in [0.1, 0.15) is 20.1 Å². The average Bonchev–Trinajstić information content (AvgIpc) is 2.77. The highest BCUT2D eigenvalue weighted by molar-refractivity contribution is 9.10. The van der Waals surface area contributed by atoms with Crippen molar-refractivity contribution < 1.29 is 4.79 Å². The van der Waals surface area contributed by atoms with Crippen molar-refractivity contribution in [2.75, 3.05) is 0 Å². The van der Waals surface area contributed by atoms with Crippen LogP contribution in [0.2, 0.25) is 0 Å². The van der Waals surface area contributed by atoms with Gasteiger partial charge in [0.1, 0.15) is 0 Å². The van der Waals surface area contributed by atoms with Gasteiger partial charge in [0.25, 0.3) is 5.91 Å². The lowest BCUT2D eigenvalue weighted by molar-refractivity contribution is 0.0957. The summed E-state index contributed by atoms with van der Waals surface area (Å²) < 4.78 is 1.07. The minimum absolute atomic E-state index is 0.230. The number of rotatable bonds is 4. The van der Waals surface area contributed by atoms with Crippen molar-refractivity contribution in [3.05, 3.63) is 50.1 Å². The Morgan fingerprint density at radius 1 is 1.47 bits per heavy atom. The lowest BCUT2D eigenvalue weighted by Crippen LogP contribution is -2.29. The van der Waals surface area contributed by atoms with Crippen LogP contribution in [0.25, 0.3) is 0 Å². The van der Waals surface area contributed by atoms with Crippen molar-refractivity contribution in [1.29, 1.82) is 0 Å². The van der Waals surface area contributed by atoms with E-state index in [1.165, 1.54) is 21.8 Å². The molecule has 6 heteroatoms. The van der Waals surface area contributed by atoms with Gasteiger partial charge in [-0.25, -0.2) is 5.84 Å². The second-order valence-electron chi connectivity index (χ2n) is 3.91. The van der Waals surface area contributed by atoms with Gasteiger partial charge in [-0.1, -0.05) is 22.0 Å². The van der Waals surface area contributed by atoms with Gasteiger partial charge in [0.05, 0.1) is 4.88 Å². The van der Waals surface area contributed by atoms with E-state index >= 15 is 0 Å². The third-order valence-corrected chi connectivity index (χ3v) is 5.19. The first kappa shape index (κ1) is 14.6. The Hall–Kier alpha value is -0.820. The summed E-state index contributed by atoms with van der Waals surface area (Å²) in [6, 6.07) is 10.1. The zero-order valence-corrected chi connectivity index (χ0v) is 13.5. The molecule has 0 bridgehead atoms. The first-order valence-electron chi connectivity index (χ1n) is 5.59. The van der Waals surface area contributed by atoms with E-state index in [9.17, 15) is 4.79 Å². The molecule has 100 valence electrons. The number of hydrogen-bond acceptors (Lipinski definition) is 4. The van der Waals surface area contributed by atoms with Crippen LogP contribution in [0.15, 0.2) is 39.7 Å². The minimum atomic E-state index is -0.230. The summed E-state index contributed by atoms with van der Waals surface area (Å²) in [5.41, 5.74) is 3.34. The average molecular weight is 357 g/mol. The maximum atomic E-state index is 11.5. The zero-order chi connectivity index (χ0) is 13.8. The molecule has 1 amide bonds. The van der Waals surface area contributed by atoms with Crippen LogP contribution >= 0.6 is 39.0 Å². The lowest BCUT2D eigenvalue weighted by Gasteiger charge is -2.01. The molecular weight excluding hydrogens is 344 g/mol. The zero-order valence-electron chi connectivity index (χ0n) is 10.3. The lowest BCUT2D eigenvalue weighted by atomic mass is 10.3. The standard InChI is InChI=1S/C13H13BrN2OS2/c1-8-9(5-12(19-8)13(17)16-15)7-18-11-4-2-3-10(14)6-11/h2-6H,7,15H2,1H3,(H,16,17). The van der Waals surface area contributed by atoms with Crippen LogP contribution in [0, 0.1) is 6.92 Å². The second kappa shape index (κ2) is 6.56. The summed E-state index contributed by atoms with van der Waals surface area (Å²) in [6.07, 6.45) is 0. The van der Waals surface area contributed by atoms with Gasteiger partial charge in [0, 0.05) is 20.0 Å². The van der Waals surface area contributed by atoms with E-state index in [2.05, 4.69) is 33.5 Å². The molecule has 0 radical (unpaired) electrons. The summed E-state index contributed by atoms with van der Waals surface area (Å²) in [6.45, 7) is 2.02. The highest BCUT2D eigenvalue weighted by atomic mass is 79.9. The summed E-state index contributed by atoms with van der Waals surface area (Å²) in [5.74, 6) is 5.76. The van der Waals surface area contributed by atoms with E-state index in [0.717, 1.165) is 15.1 Å². The molecule has 0 unspecified atom stereocenters. The number of nitrogens with one attached hydrogen (secondary N) is 1. The Labute approximate surface area is 128 Å². The SMILES string of the molecule is Cc1sc(C(=O)NN)cc1CSc1cccc(Br)c1.